The molecule has 0 bridgehead atoms. The Labute approximate surface area is 174 Å². The van der Waals surface area contributed by atoms with E-state index in [0.717, 1.165) is 43.5 Å². The van der Waals surface area contributed by atoms with Crippen molar-refractivity contribution in [2.75, 3.05) is 20.1 Å². The Kier molecular flexibility index (Phi) is 7.23. The smallest absolute Gasteiger partial charge is 0.328 e. The highest BCUT2D eigenvalue weighted by Crippen LogP contribution is 2.58. The van der Waals surface area contributed by atoms with Crippen molar-refractivity contribution in [1.29, 1.82) is 0 Å². The first-order valence-electron chi connectivity index (χ1n) is 9.71. The molecule has 1 aromatic carbocycles. The highest BCUT2D eigenvalue weighted by molar-refractivity contribution is 5.89. The summed E-state index contributed by atoms with van der Waals surface area (Å²) < 4.78 is 13.9. The van der Waals surface area contributed by atoms with Gasteiger partial charge in [0.05, 0.1) is 5.54 Å². The molecule has 1 heterocycles. The molecule has 1 aliphatic carbocycles. The van der Waals surface area contributed by atoms with Crippen molar-refractivity contribution in [3.05, 3.63) is 57.7 Å². The van der Waals surface area contributed by atoms with Gasteiger partial charge in [0.1, 0.15) is 5.82 Å². The third-order valence-corrected chi connectivity index (χ3v) is 6.03. The van der Waals surface area contributed by atoms with E-state index >= 15 is 0 Å². The summed E-state index contributed by atoms with van der Waals surface area (Å²) in [4.78, 5) is 24.6. The third-order valence-electron chi connectivity index (χ3n) is 6.03. The number of likely N-dealkylation sites (tertiary alicyclic amines) is 1. The van der Waals surface area contributed by atoms with Crippen LogP contribution >= 0.6 is 0 Å². The minimum atomic E-state index is -1.26. The summed E-state index contributed by atoms with van der Waals surface area (Å²) in [6.07, 6.45) is 3.91. The summed E-state index contributed by atoms with van der Waals surface area (Å²) in [7, 11) is 2.11. The average Bonchev–Trinajstić information content (AvgIpc) is 2.88. The first-order valence-corrected chi connectivity index (χ1v) is 9.71. The molecule has 1 aliphatic heterocycles. The lowest BCUT2D eigenvalue weighted by molar-refractivity contribution is -0.134. The Balaban J connectivity index is 0.000000343. The fourth-order valence-corrected chi connectivity index (χ4v) is 4.72. The van der Waals surface area contributed by atoms with Gasteiger partial charge in [-0.15, -0.1) is 0 Å². The number of fused-ring (bicyclic) bond motifs is 1. The molecular formula is C21H27FN4O4. The molecule has 3 rings (SSSR count). The largest absolute Gasteiger partial charge is 0.478 e. The van der Waals surface area contributed by atoms with Crippen molar-refractivity contribution in [3.63, 3.8) is 0 Å². The van der Waals surface area contributed by atoms with E-state index in [1.54, 1.807) is 6.07 Å². The minimum absolute atomic E-state index is 0.198. The van der Waals surface area contributed by atoms with Crippen molar-refractivity contribution in [2.45, 2.75) is 38.6 Å². The van der Waals surface area contributed by atoms with Crippen molar-refractivity contribution in [3.8, 4) is 0 Å². The molecule has 1 saturated heterocycles. The van der Waals surface area contributed by atoms with E-state index in [4.69, 9.17) is 10.2 Å². The topological polar surface area (TPSA) is 127 Å². The Morgan fingerprint density at radius 1 is 1.23 bits per heavy atom. The lowest BCUT2D eigenvalue weighted by atomic mass is 9.63. The number of carbonyl (C=O) groups is 2. The molecule has 0 saturated carbocycles. The lowest BCUT2D eigenvalue weighted by Gasteiger charge is -2.47. The second-order valence-corrected chi connectivity index (χ2v) is 8.41. The molecule has 8 nitrogen and oxygen atoms in total. The molecule has 30 heavy (non-hydrogen) atoms. The number of aliphatic carboxylic acids is 2. The zero-order valence-electron chi connectivity index (χ0n) is 17.4. The van der Waals surface area contributed by atoms with Crippen LogP contribution in [0.2, 0.25) is 0 Å². The zero-order chi connectivity index (χ0) is 22.5. The predicted molar refractivity (Wildman–Crippen MR) is 109 cm³/mol. The molecule has 0 amide bonds. The number of carboxylic acids is 2. The van der Waals surface area contributed by atoms with Crippen LogP contribution in [0, 0.1) is 17.2 Å². The van der Waals surface area contributed by atoms with Crippen LogP contribution in [-0.2, 0) is 21.5 Å². The maximum atomic E-state index is 13.9. The van der Waals surface area contributed by atoms with E-state index in [9.17, 15) is 19.5 Å². The van der Waals surface area contributed by atoms with Crippen molar-refractivity contribution >= 4 is 11.9 Å². The molecule has 1 fully saturated rings. The summed E-state index contributed by atoms with van der Waals surface area (Å²) >= 11 is 0. The van der Waals surface area contributed by atoms with Crippen LogP contribution in [0.5, 0.6) is 0 Å². The number of rotatable bonds is 4. The predicted octanol–water partition coefficient (Wildman–Crippen LogP) is 3.97. The number of carboxylic acid groups (broad SMARTS) is 2. The monoisotopic (exact) mass is 418 g/mol. The number of halogens is 1. The molecule has 2 aliphatic rings. The van der Waals surface area contributed by atoms with Crippen LogP contribution in [0.4, 0.5) is 4.39 Å². The van der Waals surface area contributed by atoms with Gasteiger partial charge in [-0.3, -0.25) is 0 Å². The SMILES string of the molecule is CN1CCC(C2(N=[N+]=[N-])c3cc(F)ccc3CC2(C)C)CC1.O=C(O)/C=C/C(=O)O. The molecule has 1 atom stereocenters. The van der Waals surface area contributed by atoms with Crippen LogP contribution in [0.25, 0.3) is 10.4 Å². The molecule has 0 radical (unpaired) electrons. The van der Waals surface area contributed by atoms with Crippen LogP contribution in [-0.4, -0.2) is 47.2 Å². The van der Waals surface area contributed by atoms with Gasteiger partial charge < -0.3 is 15.1 Å². The highest BCUT2D eigenvalue weighted by atomic mass is 19.1. The number of piperidine rings is 1. The number of nitrogens with zero attached hydrogens (tertiary/aromatic N) is 4. The number of azide groups is 1. The summed E-state index contributed by atoms with van der Waals surface area (Å²) in [5.74, 6) is -2.50. The first-order chi connectivity index (χ1) is 14.0. The van der Waals surface area contributed by atoms with Crippen LogP contribution in [0.15, 0.2) is 35.5 Å². The minimum Gasteiger partial charge on any atom is -0.478 e. The van der Waals surface area contributed by atoms with E-state index in [0.29, 0.717) is 12.2 Å². The molecule has 1 aromatic rings. The third kappa shape index (κ3) is 4.80. The van der Waals surface area contributed by atoms with Gasteiger partial charge in [0.2, 0.25) is 0 Å². The lowest BCUT2D eigenvalue weighted by Crippen LogP contribution is -2.47. The van der Waals surface area contributed by atoms with Crippen LogP contribution in [0.1, 0.15) is 37.8 Å². The quantitative estimate of drug-likeness (QED) is 0.331. The molecule has 1 unspecified atom stereocenters. The van der Waals surface area contributed by atoms with Crippen molar-refractivity contribution < 1.29 is 24.2 Å². The van der Waals surface area contributed by atoms with Crippen LogP contribution in [0.3, 0.4) is 0 Å². The molecule has 9 heteroatoms. The second kappa shape index (κ2) is 9.28. The summed E-state index contributed by atoms with van der Waals surface area (Å²) in [6.45, 7) is 6.29. The van der Waals surface area contributed by atoms with Gasteiger partial charge in [-0.25, -0.2) is 14.0 Å². The Morgan fingerprint density at radius 3 is 2.30 bits per heavy atom. The Hall–Kier alpha value is -2.90. The molecule has 2 N–H and O–H groups in total. The normalized spacial score (nSPS) is 23.2. The fraction of sp³-hybridized carbons (Fsp3) is 0.524. The van der Waals surface area contributed by atoms with Gasteiger partial charge in [-0.1, -0.05) is 25.0 Å². The standard InChI is InChI=1S/C17H23FN4.C4H4O4/c1-16(2)11-12-4-5-14(18)10-15(12)17(16,20-21-19)13-6-8-22(3)9-7-13;5-3(6)1-2-4(7)8/h4-5,10,13H,6-9,11H2,1-3H3;1-2H,(H,5,6)(H,7,8)/b;2-1+. The van der Waals surface area contributed by atoms with Gasteiger partial charge in [0.15, 0.2) is 0 Å². The molecule has 0 spiro atoms. The summed E-state index contributed by atoms with van der Waals surface area (Å²) in [5.41, 5.74) is 10.4. The van der Waals surface area contributed by atoms with E-state index < -0.39 is 17.5 Å². The fourth-order valence-electron chi connectivity index (χ4n) is 4.72. The van der Waals surface area contributed by atoms with E-state index in [2.05, 4.69) is 35.8 Å². The molecular weight excluding hydrogens is 391 g/mol. The van der Waals surface area contributed by atoms with E-state index in [1.165, 1.54) is 6.07 Å². The second-order valence-electron chi connectivity index (χ2n) is 8.41. The van der Waals surface area contributed by atoms with Gasteiger partial charge in [0, 0.05) is 17.1 Å². The number of hydrogen-bond donors (Lipinski definition) is 2. The number of benzene rings is 1. The molecule has 0 aromatic heterocycles. The maximum Gasteiger partial charge on any atom is 0.328 e. The van der Waals surface area contributed by atoms with Gasteiger partial charge in [0.25, 0.3) is 0 Å². The maximum absolute atomic E-state index is 13.9. The Bertz CT molecular complexity index is 871. The van der Waals surface area contributed by atoms with Crippen LogP contribution < -0.4 is 0 Å². The van der Waals surface area contributed by atoms with Gasteiger partial charge in [-0.05, 0) is 79.5 Å². The first kappa shape index (κ1) is 23.4. The highest BCUT2D eigenvalue weighted by Gasteiger charge is 2.56. The van der Waals surface area contributed by atoms with Crippen molar-refractivity contribution in [1.82, 2.24) is 4.90 Å². The summed E-state index contributed by atoms with van der Waals surface area (Å²) in [5, 5.41) is 20.0. The Morgan fingerprint density at radius 2 is 1.80 bits per heavy atom. The van der Waals surface area contributed by atoms with Crippen molar-refractivity contribution in [2.24, 2.45) is 16.4 Å². The molecule has 162 valence electrons. The van der Waals surface area contributed by atoms with Gasteiger partial charge in [-0.2, -0.15) is 0 Å². The van der Waals surface area contributed by atoms with E-state index in [1.807, 2.05) is 6.07 Å². The average molecular weight is 418 g/mol. The van der Waals surface area contributed by atoms with E-state index in [-0.39, 0.29) is 17.2 Å². The number of hydrogen-bond acceptors (Lipinski definition) is 4. The summed E-state index contributed by atoms with van der Waals surface area (Å²) in [6, 6.07) is 4.96. The zero-order valence-corrected chi connectivity index (χ0v) is 17.4. The van der Waals surface area contributed by atoms with Gasteiger partial charge >= 0.3 is 11.9 Å².